The fraction of sp³-hybridized carbons (Fsp3) is 0.786. The van der Waals surface area contributed by atoms with Gasteiger partial charge in [0.25, 0.3) is 0 Å². The molecular formula is C14H23N3O. The zero-order chi connectivity index (χ0) is 12.4. The van der Waals surface area contributed by atoms with E-state index in [0.717, 1.165) is 18.0 Å². The summed E-state index contributed by atoms with van der Waals surface area (Å²) in [5, 5.41) is 3.66. The first-order chi connectivity index (χ1) is 8.84. The lowest BCUT2D eigenvalue weighted by molar-refractivity contribution is 0.110. The van der Waals surface area contributed by atoms with Crippen molar-refractivity contribution >= 4 is 0 Å². The van der Waals surface area contributed by atoms with Crippen LogP contribution in [-0.2, 0) is 6.54 Å². The van der Waals surface area contributed by atoms with Crippen LogP contribution in [0.25, 0.3) is 0 Å². The second-order valence-corrected chi connectivity index (χ2v) is 5.59. The highest BCUT2D eigenvalue weighted by atomic mass is 16.3. The molecule has 0 amide bonds. The summed E-state index contributed by atoms with van der Waals surface area (Å²) in [5.41, 5.74) is 1.11. The second kappa shape index (κ2) is 5.41. The van der Waals surface area contributed by atoms with Gasteiger partial charge in [-0.2, -0.15) is 0 Å². The third-order valence-corrected chi connectivity index (χ3v) is 4.42. The Morgan fingerprint density at radius 3 is 3.06 bits per heavy atom. The molecule has 4 nitrogen and oxygen atoms in total. The standard InChI is InChI=1S/C14H23N3O/c1-11-13(16-10-18-11)9-17-8-3-2-6-14(17)12-5-4-7-15-12/h10,12,14-15H,2-9H2,1H3. The van der Waals surface area contributed by atoms with Gasteiger partial charge in [-0.3, -0.25) is 4.90 Å². The largest absolute Gasteiger partial charge is 0.448 e. The molecule has 2 unspecified atom stereocenters. The number of piperidine rings is 1. The SMILES string of the molecule is Cc1ocnc1CN1CCCCC1C1CCCN1. The number of nitrogens with zero attached hydrogens (tertiary/aromatic N) is 2. The average Bonchev–Trinajstić information content (AvgIpc) is 3.03. The van der Waals surface area contributed by atoms with E-state index in [2.05, 4.69) is 15.2 Å². The minimum absolute atomic E-state index is 0.692. The molecule has 0 saturated carbocycles. The Hall–Kier alpha value is -0.870. The Bertz CT molecular complexity index is 384. The fourth-order valence-electron chi connectivity index (χ4n) is 3.38. The minimum atomic E-state index is 0.692. The number of hydrogen-bond donors (Lipinski definition) is 1. The van der Waals surface area contributed by atoms with Gasteiger partial charge >= 0.3 is 0 Å². The van der Waals surface area contributed by atoms with E-state index in [1.807, 2.05) is 6.92 Å². The van der Waals surface area contributed by atoms with E-state index in [1.165, 1.54) is 45.2 Å². The van der Waals surface area contributed by atoms with Crippen molar-refractivity contribution in [1.82, 2.24) is 15.2 Å². The smallest absolute Gasteiger partial charge is 0.181 e. The summed E-state index contributed by atoms with van der Waals surface area (Å²) >= 11 is 0. The zero-order valence-corrected chi connectivity index (χ0v) is 11.2. The van der Waals surface area contributed by atoms with Gasteiger partial charge in [0.15, 0.2) is 6.39 Å². The maximum Gasteiger partial charge on any atom is 0.181 e. The summed E-state index contributed by atoms with van der Waals surface area (Å²) < 4.78 is 5.31. The summed E-state index contributed by atoms with van der Waals surface area (Å²) in [6.45, 7) is 5.35. The number of likely N-dealkylation sites (tertiary alicyclic amines) is 1. The lowest BCUT2D eigenvalue weighted by atomic mass is 9.94. The van der Waals surface area contributed by atoms with Crippen LogP contribution in [-0.4, -0.2) is 35.1 Å². The van der Waals surface area contributed by atoms with Crippen molar-refractivity contribution in [2.45, 2.75) is 57.7 Å². The first-order valence-electron chi connectivity index (χ1n) is 7.21. The molecule has 4 heteroatoms. The van der Waals surface area contributed by atoms with Crippen LogP contribution in [0.5, 0.6) is 0 Å². The van der Waals surface area contributed by atoms with Crippen molar-refractivity contribution in [1.29, 1.82) is 0 Å². The highest BCUT2D eigenvalue weighted by Gasteiger charge is 2.31. The van der Waals surface area contributed by atoms with Crippen LogP contribution in [0.3, 0.4) is 0 Å². The number of aromatic nitrogens is 1. The van der Waals surface area contributed by atoms with Gasteiger partial charge in [0.1, 0.15) is 5.76 Å². The number of rotatable bonds is 3. The molecule has 1 N–H and O–H groups in total. The number of nitrogens with one attached hydrogen (secondary N) is 1. The molecule has 1 aromatic rings. The number of oxazole rings is 1. The predicted octanol–water partition coefficient (Wildman–Crippen LogP) is 2.09. The Balaban J connectivity index is 1.69. The lowest BCUT2D eigenvalue weighted by Crippen LogP contribution is -2.49. The average molecular weight is 249 g/mol. The molecule has 2 atom stereocenters. The molecule has 100 valence electrons. The van der Waals surface area contributed by atoms with E-state index in [0.29, 0.717) is 12.1 Å². The maximum absolute atomic E-state index is 5.31. The normalized spacial score (nSPS) is 29.8. The fourth-order valence-corrected chi connectivity index (χ4v) is 3.38. The predicted molar refractivity (Wildman–Crippen MR) is 70.3 cm³/mol. The lowest BCUT2D eigenvalue weighted by Gasteiger charge is -2.39. The van der Waals surface area contributed by atoms with Crippen LogP contribution in [0.1, 0.15) is 43.6 Å². The molecule has 0 bridgehead atoms. The van der Waals surface area contributed by atoms with Gasteiger partial charge in [0.05, 0.1) is 5.69 Å². The number of aryl methyl sites for hydroxylation is 1. The van der Waals surface area contributed by atoms with Crippen molar-refractivity contribution in [3.8, 4) is 0 Å². The molecule has 0 aliphatic carbocycles. The summed E-state index contributed by atoms with van der Waals surface area (Å²) in [5.74, 6) is 0.971. The van der Waals surface area contributed by atoms with E-state index in [-0.39, 0.29) is 0 Å². The molecule has 0 radical (unpaired) electrons. The van der Waals surface area contributed by atoms with Crippen LogP contribution in [0, 0.1) is 6.92 Å². The van der Waals surface area contributed by atoms with E-state index in [9.17, 15) is 0 Å². The monoisotopic (exact) mass is 249 g/mol. The van der Waals surface area contributed by atoms with Crippen LogP contribution in [0.4, 0.5) is 0 Å². The van der Waals surface area contributed by atoms with E-state index < -0.39 is 0 Å². The van der Waals surface area contributed by atoms with E-state index in [4.69, 9.17) is 4.42 Å². The zero-order valence-electron chi connectivity index (χ0n) is 11.2. The van der Waals surface area contributed by atoms with Gasteiger partial charge in [0.2, 0.25) is 0 Å². The van der Waals surface area contributed by atoms with E-state index >= 15 is 0 Å². The summed E-state index contributed by atoms with van der Waals surface area (Å²) in [7, 11) is 0. The van der Waals surface area contributed by atoms with Crippen LogP contribution >= 0.6 is 0 Å². The Kier molecular flexibility index (Phi) is 3.66. The van der Waals surface area contributed by atoms with Crippen molar-refractivity contribution in [2.24, 2.45) is 0 Å². The molecule has 2 saturated heterocycles. The minimum Gasteiger partial charge on any atom is -0.448 e. The molecule has 0 aromatic carbocycles. The van der Waals surface area contributed by atoms with Gasteiger partial charge in [-0.15, -0.1) is 0 Å². The van der Waals surface area contributed by atoms with Crippen molar-refractivity contribution in [3.63, 3.8) is 0 Å². The molecule has 2 aliphatic rings. The third kappa shape index (κ3) is 2.45. The quantitative estimate of drug-likeness (QED) is 0.890. The summed E-state index contributed by atoms with van der Waals surface area (Å²) in [4.78, 5) is 6.95. The van der Waals surface area contributed by atoms with Crippen molar-refractivity contribution < 1.29 is 4.42 Å². The van der Waals surface area contributed by atoms with Crippen LogP contribution in [0.2, 0.25) is 0 Å². The maximum atomic E-state index is 5.31. The second-order valence-electron chi connectivity index (χ2n) is 5.59. The van der Waals surface area contributed by atoms with Gasteiger partial charge < -0.3 is 9.73 Å². The molecule has 2 fully saturated rings. The Labute approximate surface area is 109 Å². The molecule has 3 rings (SSSR count). The Morgan fingerprint density at radius 2 is 2.33 bits per heavy atom. The number of hydrogen-bond acceptors (Lipinski definition) is 4. The van der Waals surface area contributed by atoms with E-state index in [1.54, 1.807) is 6.39 Å². The summed E-state index contributed by atoms with van der Waals surface area (Å²) in [6.07, 6.45) is 8.25. The molecule has 18 heavy (non-hydrogen) atoms. The molecule has 0 spiro atoms. The van der Waals surface area contributed by atoms with Gasteiger partial charge in [-0.05, 0) is 45.7 Å². The summed E-state index contributed by atoms with van der Waals surface area (Å²) in [6, 6.07) is 1.38. The van der Waals surface area contributed by atoms with Crippen molar-refractivity contribution in [2.75, 3.05) is 13.1 Å². The highest BCUT2D eigenvalue weighted by molar-refractivity contribution is 5.05. The van der Waals surface area contributed by atoms with Crippen molar-refractivity contribution in [3.05, 3.63) is 17.8 Å². The molecule has 1 aromatic heterocycles. The Morgan fingerprint density at radius 1 is 1.39 bits per heavy atom. The third-order valence-electron chi connectivity index (χ3n) is 4.42. The first-order valence-corrected chi connectivity index (χ1v) is 7.21. The van der Waals surface area contributed by atoms with Gasteiger partial charge in [-0.1, -0.05) is 6.42 Å². The first kappa shape index (κ1) is 12.2. The van der Waals surface area contributed by atoms with Crippen LogP contribution in [0.15, 0.2) is 10.8 Å². The van der Waals surface area contributed by atoms with Crippen LogP contribution < -0.4 is 5.32 Å². The molecule has 2 aliphatic heterocycles. The highest BCUT2D eigenvalue weighted by Crippen LogP contribution is 2.26. The molecular weight excluding hydrogens is 226 g/mol. The topological polar surface area (TPSA) is 41.3 Å². The van der Waals surface area contributed by atoms with Gasteiger partial charge in [-0.25, -0.2) is 4.98 Å². The molecule has 3 heterocycles. The van der Waals surface area contributed by atoms with Gasteiger partial charge in [0, 0.05) is 18.6 Å².